The summed E-state index contributed by atoms with van der Waals surface area (Å²) in [6.07, 6.45) is 2.65. The van der Waals surface area contributed by atoms with Crippen LogP contribution >= 0.6 is 11.6 Å². The second-order valence-corrected chi connectivity index (χ2v) is 10.5. The SMILES string of the molecule is NC(=O)C1CCN(C(=O)COc2ccc(S(=O)(=O)N3CCCc4ccccc43)cc2Cl)CC1. The number of sulfonamides is 1. The number of hydrogen-bond donors (Lipinski definition) is 1. The van der Waals surface area contributed by atoms with Crippen molar-refractivity contribution in [1.29, 1.82) is 0 Å². The average molecular weight is 492 g/mol. The molecule has 0 aromatic heterocycles. The highest BCUT2D eigenvalue weighted by Gasteiger charge is 2.30. The van der Waals surface area contributed by atoms with E-state index in [0.717, 1.165) is 18.4 Å². The summed E-state index contributed by atoms with van der Waals surface area (Å²) in [5, 5.41) is 0.113. The first-order chi connectivity index (χ1) is 15.8. The molecule has 0 spiro atoms. The summed E-state index contributed by atoms with van der Waals surface area (Å²) in [7, 11) is -3.79. The molecule has 2 N–H and O–H groups in total. The van der Waals surface area contributed by atoms with E-state index in [9.17, 15) is 18.0 Å². The highest BCUT2D eigenvalue weighted by molar-refractivity contribution is 7.92. The molecule has 0 aliphatic carbocycles. The van der Waals surface area contributed by atoms with Gasteiger partial charge in [-0.15, -0.1) is 0 Å². The van der Waals surface area contributed by atoms with Crippen LogP contribution in [0, 0.1) is 5.92 Å². The maximum Gasteiger partial charge on any atom is 0.264 e. The minimum atomic E-state index is -3.79. The number of piperidine rings is 1. The summed E-state index contributed by atoms with van der Waals surface area (Å²) in [6.45, 7) is 1.05. The number of benzene rings is 2. The molecule has 0 atom stereocenters. The molecular formula is C23H26ClN3O5S. The number of halogens is 1. The fourth-order valence-corrected chi connectivity index (χ4v) is 6.15. The van der Waals surface area contributed by atoms with Crippen LogP contribution in [0.2, 0.25) is 5.02 Å². The zero-order valence-electron chi connectivity index (χ0n) is 18.1. The largest absolute Gasteiger partial charge is 0.482 e. The minimum Gasteiger partial charge on any atom is -0.482 e. The molecule has 1 fully saturated rings. The molecule has 10 heteroatoms. The standard InChI is InChI=1S/C23H26ClN3O5S/c24-19-14-18(33(30,31)27-11-3-5-16-4-1-2-6-20(16)27)7-8-21(19)32-15-22(28)26-12-9-17(10-13-26)23(25)29/h1-2,4,6-8,14,17H,3,5,9-13,15H2,(H2,25,29). The first kappa shape index (κ1) is 23.4. The third-order valence-electron chi connectivity index (χ3n) is 6.16. The minimum absolute atomic E-state index is 0.0661. The Kier molecular flexibility index (Phi) is 6.81. The summed E-state index contributed by atoms with van der Waals surface area (Å²) < 4.78 is 33.6. The highest BCUT2D eigenvalue weighted by atomic mass is 35.5. The van der Waals surface area contributed by atoms with E-state index >= 15 is 0 Å². The molecule has 2 aliphatic rings. The maximum atomic E-state index is 13.3. The van der Waals surface area contributed by atoms with Crippen LogP contribution in [0.3, 0.4) is 0 Å². The molecule has 2 aromatic rings. The molecule has 2 heterocycles. The Bertz CT molecular complexity index is 1160. The summed E-state index contributed by atoms with van der Waals surface area (Å²) in [4.78, 5) is 25.4. The maximum absolute atomic E-state index is 13.3. The Labute approximate surface area is 198 Å². The molecule has 2 aliphatic heterocycles. The Balaban J connectivity index is 1.42. The van der Waals surface area contributed by atoms with Gasteiger partial charge in [0.15, 0.2) is 6.61 Å². The van der Waals surface area contributed by atoms with Crippen LogP contribution in [0.15, 0.2) is 47.4 Å². The molecule has 4 rings (SSSR count). The second-order valence-electron chi connectivity index (χ2n) is 8.25. The van der Waals surface area contributed by atoms with Gasteiger partial charge in [-0.25, -0.2) is 8.42 Å². The Hall–Kier alpha value is -2.78. The lowest BCUT2D eigenvalue weighted by Crippen LogP contribution is -2.43. The van der Waals surface area contributed by atoms with Gasteiger partial charge >= 0.3 is 0 Å². The Morgan fingerprint density at radius 3 is 2.52 bits per heavy atom. The number of nitrogens with zero attached hydrogens (tertiary/aromatic N) is 2. The van der Waals surface area contributed by atoms with Crippen molar-refractivity contribution < 1.29 is 22.7 Å². The van der Waals surface area contributed by atoms with Gasteiger partial charge in [0.25, 0.3) is 15.9 Å². The number of nitrogens with two attached hydrogens (primary N) is 1. The number of primary amides is 1. The molecule has 2 aromatic carbocycles. The van der Waals surface area contributed by atoms with Gasteiger partial charge in [-0.2, -0.15) is 0 Å². The number of anilines is 1. The van der Waals surface area contributed by atoms with Gasteiger partial charge in [-0.05, 0) is 55.5 Å². The highest BCUT2D eigenvalue weighted by Crippen LogP contribution is 2.34. The first-order valence-electron chi connectivity index (χ1n) is 10.9. The summed E-state index contributed by atoms with van der Waals surface area (Å²) >= 11 is 6.31. The number of amides is 2. The molecule has 0 radical (unpaired) electrons. The smallest absolute Gasteiger partial charge is 0.264 e. The third kappa shape index (κ3) is 4.94. The third-order valence-corrected chi connectivity index (χ3v) is 8.26. The molecule has 0 saturated carbocycles. The lowest BCUT2D eigenvalue weighted by atomic mass is 9.96. The van der Waals surface area contributed by atoms with Crippen LogP contribution in [0.5, 0.6) is 5.75 Å². The predicted octanol–water partition coefficient (Wildman–Crippen LogP) is 2.58. The zero-order valence-corrected chi connectivity index (χ0v) is 19.6. The number of aryl methyl sites for hydroxylation is 1. The average Bonchev–Trinajstić information content (AvgIpc) is 2.82. The van der Waals surface area contributed by atoms with Gasteiger partial charge in [0.05, 0.1) is 15.6 Å². The van der Waals surface area contributed by atoms with Gasteiger partial charge in [-0.1, -0.05) is 29.8 Å². The van der Waals surface area contributed by atoms with Crippen LogP contribution in [0.1, 0.15) is 24.8 Å². The van der Waals surface area contributed by atoms with Crippen molar-refractivity contribution in [3.63, 3.8) is 0 Å². The van der Waals surface area contributed by atoms with E-state index in [1.54, 1.807) is 4.90 Å². The van der Waals surface area contributed by atoms with Gasteiger partial charge in [0, 0.05) is 25.6 Å². The van der Waals surface area contributed by atoms with Gasteiger partial charge < -0.3 is 15.4 Å². The first-order valence-corrected chi connectivity index (χ1v) is 12.7. The number of rotatable bonds is 6. The number of fused-ring (bicyclic) bond motifs is 1. The molecule has 176 valence electrons. The van der Waals surface area contributed by atoms with E-state index in [0.29, 0.717) is 38.2 Å². The zero-order chi connectivity index (χ0) is 23.6. The van der Waals surface area contributed by atoms with E-state index in [-0.39, 0.29) is 40.0 Å². The van der Waals surface area contributed by atoms with Crippen molar-refractivity contribution in [3.8, 4) is 5.75 Å². The van der Waals surface area contributed by atoms with Crippen molar-refractivity contribution in [1.82, 2.24) is 4.90 Å². The Morgan fingerprint density at radius 2 is 1.82 bits per heavy atom. The van der Waals surface area contributed by atoms with E-state index in [1.807, 2.05) is 24.3 Å². The fourth-order valence-electron chi connectivity index (χ4n) is 4.28. The lowest BCUT2D eigenvalue weighted by molar-refractivity contribution is -0.136. The molecule has 1 saturated heterocycles. The Morgan fingerprint density at radius 1 is 1.09 bits per heavy atom. The molecule has 0 bridgehead atoms. The number of carbonyl (C=O) groups excluding carboxylic acids is 2. The van der Waals surface area contributed by atoms with Gasteiger partial charge in [0.1, 0.15) is 5.75 Å². The van der Waals surface area contributed by atoms with Crippen molar-refractivity contribution in [2.75, 3.05) is 30.5 Å². The second kappa shape index (κ2) is 9.61. The lowest BCUT2D eigenvalue weighted by Gasteiger charge is -2.31. The van der Waals surface area contributed by atoms with Crippen molar-refractivity contribution >= 4 is 39.1 Å². The topological polar surface area (TPSA) is 110 Å². The number of hydrogen-bond acceptors (Lipinski definition) is 5. The van der Waals surface area contributed by atoms with Crippen LogP contribution < -0.4 is 14.8 Å². The number of ether oxygens (including phenoxy) is 1. The van der Waals surface area contributed by atoms with Gasteiger partial charge in [0.2, 0.25) is 5.91 Å². The summed E-state index contributed by atoms with van der Waals surface area (Å²) in [5.41, 5.74) is 7.01. The van der Waals surface area contributed by atoms with E-state index in [4.69, 9.17) is 22.1 Å². The molecule has 0 unspecified atom stereocenters. The molecule has 2 amide bonds. The molecular weight excluding hydrogens is 466 g/mol. The van der Waals surface area contributed by atoms with Gasteiger partial charge in [-0.3, -0.25) is 13.9 Å². The van der Waals surface area contributed by atoms with Crippen LogP contribution in [0.25, 0.3) is 0 Å². The van der Waals surface area contributed by atoms with Crippen LogP contribution in [-0.4, -0.2) is 51.4 Å². The predicted molar refractivity (Wildman–Crippen MR) is 125 cm³/mol. The number of para-hydroxylation sites is 1. The summed E-state index contributed by atoms with van der Waals surface area (Å²) in [6, 6.07) is 11.7. The van der Waals surface area contributed by atoms with Crippen LogP contribution in [0.4, 0.5) is 5.69 Å². The van der Waals surface area contributed by atoms with Crippen molar-refractivity contribution in [2.24, 2.45) is 11.7 Å². The monoisotopic (exact) mass is 491 g/mol. The number of carbonyl (C=O) groups is 2. The van der Waals surface area contributed by atoms with Crippen molar-refractivity contribution in [3.05, 3.63) is 53.1 Å². The van der Waals surface area contributed by atoms with Crippen molar-refractivity contribution in [2.45, 2.75) is 30.6 Å². The normalized spacial score (nSPS) is 16.9. The van der Waals surface area contributed by atoms with Crippen LogP contribution in [-0.2, 0) is 26.0 Å². The molecule has 33 heavy (non-hydrogen) atoms. The van der Waals surface area contributed by atoms with E-state index in [1.165, 1.54) is 22.5 Å². The van der Waals surface area contributed by atoms with E-state index < -0.39 is 10.0 Å². The molecule has 8 nitrogen and oxygen atoms in total. The quantitative estimate of drug-likeness (QED) is 0.667. The summed E-state index contributed by atoms with van der Waals surface area (Å²) in [5.74, 6) is -0.537. The number of likely N-dealkylation sites (tertiary alicyclic amines) is 1. The fraction of sp³-hybridized carbons (Fsp3) is 0.391. The van der Waals surface area contributed by atoms with E-state index in [2.05, 4.69) is 0 Å².